The van der Waals surface area contributed by atoms with E-state index in [1.165, 1.54) is 0 Å². The molecule has 0 aliphatic heterocycles. The second-order valence-electron chi connectivity index (χ2n) is 4.91. The van der Waals surface area contributed by atoms with Crippen molar-refractivity contribution in [2.24, 2.45) is 5.92 Å². The fraction of sp³-hybridized carbons (Fsp3) is 0.600. The average molecular weight is 346 g/mol. The van der Waals surface area contributed by atoms with Crippen LogP contribution in [-0.4, -0.2) is 27.1 Å². The predicted octanol–water partition coefficient (Wildman–Crippen LogP) is 3.58. The monoisotopic (exact) mass is 345 g/mol. The smallest absolute Gasteiger partial charge is 0.188 e. The van der Waals surface area contributed by atoms with Gasteiger partial charge in [0.2, 0.25) is 0 Å². The summed E-state index contributed by atoms with van der Waals surface area (Å²) in [7, 11) is 1.60. The minimum absolute atomic E-state index is 0.198. The second kappa shape index (κ2) is 9.21. The Kier molecular flexibility index (Phi) is 7.95. The van der Waals surface area contributed by atoms with Crippen LogP contribution in [0.1, 0.15) is 26.3 Å². The Balaban J connectivity index is 2.82. The Morgan fingerprint density at radius 2 is 2.00 bits per heavy atom. The van der Waals surface area contributed by atoms with Crippen LogP contribution in [-0.2, 0) is 11.3 Å². The third kappa shape index (κ3) is 5.69. The summed E-state index contributed by atoms with van der Waals surface area (Å²) in [5.41, 5.74) is 1.16. The highest BCUT2D eigenvalue weighted by molar-refractivity contribution is 9.10. The Bertz CT molecular complexity index is 410. The SMILES string of the molecule is CCOc1cc(CNCC(C)C)cc(Br)c1OCOC. The van der Waals surface area contributed by atoms with E-state index in [1.807, 2.05) is 19.1 Å². The third-order valence-electron chi connectivity index (χ3n) is 2.57. The van der Waals surface area contributed by atoms with Gasteiger partial charge in [-0.3, -0.25) is 0 Å². The van der Waals surface area contributed by atoms with Gasteiger partial charge in [0.1, 0.15) is 0 Å². The third-order valence-corrected chi connectivity index (χ3v) is 3.16. The summed E-state index contributed by atoms with van der Waals surface area (Å²) in [6.07, 6.45) is 0. The van der Waals surface area contributed by atoms with Gasteiger partial charge in [-0.25, -0.2) is 0 Å². The van der Waals surface area contributed by atoms with E-state index < -0.39 is 0 Å². The zero-order valence-electron chi connectivity index (χ0n) is 12.7. The normalized spacial score (nSPS) is 10.9. The van der Waals surface area contributed by atoms with Gasteiger partial charge in [-0.15, -0.1) is 0 Å². The lowest BCUT2D eigenvalue weighted by atomic mass is 10.2. The summed E-state index contributed by atoms with van der Waals surface area (Å²) < 4.78 is 17.0. The van der Waals surface area contributed by atoms with Gasteiger partial charge in [-0.1, -0.05) is 13.8 Å². The summed E-state index contributed by atoms with van der Waals surface area (Å²) in [5, 5.41) is 3.42. The van der Waals surface area contributed by atoms with Crippen molar-refractivity contribution in [1.29, 1.82) is 0 Å². The lowest BCUT2D eigenvalue weighted by molar-refractivity contribution is 0.0481. The van der Waals surface area contributed by atoms with Crippen LogP contribution in [0.2, 0.25) is 0 Å². The van der Waals surface area contributed by atoms with Crippen LogP contribution in [0.25, 0.3) is 0 Å². The van der Waals surface area contributed by atoms with Gasteiger partial charge in [0, 0.05) is 13.7 Å². The molecule has 4 nitrogen and oxygen atoms in total. The Morgan fingerprint density at radius 3 is 2.60 bits per heavy atom. The first-order chi connectivity index (χ1) is 9.58. The minimum atomic E-state index is 0.198. The lowest BCUT2D eigenvalue weighted by Crippen LogP contribution is -2.19. The van der Waals surface area contributed by atoms with Crippen molar-refractivity contribution in [3.05, 3.63) is 22.2 Å². The predicted molar refractivity (Wildman–Crippen MR) is 84.4 cm³/mol. The molecule has 0 saturated carbocycles. The van der Waals surface area contributed by atoms with E-state index in [0.29, 0.717) is 18.3 Å². The topological polar surface area (TPSA) is 39.7 Å². The maximum absolute atomic E-state index is 5.64. The average Bonchev–Trinajstić information content (AvgIpc) is 2.38. The van der Waals surface area contributed by atoms with Gasteiger partial charge >= 0.3 is 0 Å². The van der Waals surface area contributed by atoms with Gasteiger partial charge in [0.05, 0.1) is 11.1 Å². The van der Waals surface area contributed by atoms with Gasteiger partial charge in [0.15, 0.2) is 18.3 Å². The number of hydrogen-bond acceptors (Lipinski definition) is 4. The highest BCUT2D eigenvalue weighted by Gasteiger charge is 2.12. The van der Waals surface area contributed by atoms with E-state index in [-0.39, 0.29) is 6.79 Å². The molecule has 114 valence electrons. The molecule has 0 amide bonds. The van der Waals surface area contributed by atoms with Crippen LogP contribution >= 0.6 is 15.9 Å². The fourth-order valence-electron chi connectivity index (χ4n) is 1.75. The summed E-state index contributed by atoms with van der Waals surface area (Å²) >= 11 is 3.53. The molecular weight excluding hydrogens is 322 g/mol. The highest BCUT2D eigenvalue weighted by Crippen LogP contribution is 2.36. The molecule has 0 radical (unpaired) electrons. The molecule has 0 heterocycles. The van der Waals surface area contributed by atoms with Crippen LogP contribution in [0.5, 0.6) is 11.5 Å². The molecule has 0 fully saturated rings. The van der Waals surface area contributed by atoms with E-state index in [4.69, 9.17) is 14.2 Å². The summed E-state index contributed by atoms with van der Waals surface area (Å²) in [6, 6.07) is 4.05. The molecule has 0 aromatic heterocycles. The largest absolute Gasteiger partial charge is 0.490 e. The molecule has 5 heteroatoms. The number of hydrogen-bond donors (Lipinski definition) is 1. The van der Waals surface area contributed by atoms with Crippen LogP contribution in [0.3, 0.4) is 0 Å². The summed E-state index contributed by atoms with van der Waals surface area (Å²) in [4.78, 5) is 0. The molecule has 1 aromatic rings. The zero-order chi connectivity index (χ0) is 15.0. The van der Waals surface area contributed by atoms with Crippen molar-refractivity contribution in [3.8, 4) is 11.5 Å². The van der Waals surface area contributed by atoms with Crippen LogP contribution in [0.15, 0.2) is 16.6 Å². The van der Waals surface area contributed by atoms with E-state index in [9.17, 15) is 0 Å². The number of methoxy groups -OCH3 is 1. The first-order valence-electron chi connectivity index (χ1n) is 6.86. The molecule has 1 N–H and O–H groups in total. The van der Waals surface area contributed by atoms with Crippen molar-refractivity contribution in [3.63, 3.8) is 0 Å². The van der Waals surface area contributed by atoms with Gasteiger partial charge in [-0.05, 0) is 53.0 Å². The first kappa shape index (κ1) is 17.3. The Hall–Kier alpha value is -0.780. The van der Waals surface area contributed by atoms with Crippen LogP contribution in [0, 0.1) is 5.92 Å². The van der Waals surface area contributed by atoms with Gasteiger partial charge in [-0.2, -0.15) is 0 Å². The van der Waals surface area contributed by atoms with Crippen molar-refractivity contribution in [1.82, 2.24) is 5.32 Å². The maximum Gasteiger partial charge on any atom is 0.188 e. The van der Waals surface area contributed by atoms with Crippen molar-refractivity contribution >= 4 is 15.9 Å². The van der Waals surface area contributed by atoms with E-state index in [2.05, 4.69) is 35.1 Å². The van der Waals surface area contributed by atoms with Gasteiger partial charge in [0.25, 0.3) is 0 Å². The first-order valence-corrected chi connectivity index (χ1v) is 7.65. The van der Waals surface area contributed by atoms with Crippen LogP contribution < -0.4 is 14.8 Å². The molecule has 0 aliphatic carbocycles. The number of benzene rings is 1. The minimum Gasteiger partial charge on any atom is -0.490 e. The molecule has 20 heavy (non-hydrogen) atoms. The Labute approximate surface area is 129 Å². The number of ether oxygens (including phenoxy) is 3. The summed E-state index contributed by atoms with van der Waals surface area (Å²) in [6.45, 7) is 8.93. The standard InChI is InChI=1S/C15H24BrNO3/c1-5-19-14-7-12(9-17-8-11(2)3)6-13(16)15(14)20-10-18-4/h6-7,11,17H,5,8-10H2,1-4H3. The van der Waals surface area contributed by atoms with E-state index in [0.717, 1.165) is 28.9 Å². The molecule has 1 rings (SSSR count). The van der Waals surface area contributed by atoms with Gasteiger partial charge < -0.3 is 19.5 Å². The van der Waals surface area contributed by atoms with Crippen molar-refractivity contribution < 1.29 is 14.2 Å². The fourth-order valence-corrected chi connectivity index (χ4v) is 2.35. The number of halogens is 1. The maximum atomic E-state index is 5.64. The quantitative estimate of drug-likeness (QED) is 0.694. The zero-order valence-corrected chi connectivity index (χ0v) is 14.2. The number of nitrogens with one attached hydrogen (secondary N) is 1. The molecule has 1 aromatic carbocycles. The molecule has 0 bridgehead atoms. The molecule has 0 aliphatic rings. The molecule has 0 unspecified atom stereocenters. The lowest BCUT2D eigenvalue weighted by Gasteiger charge is -2.15. The second-order valence-corrected chi connectivity index (χ2v) is 5.77. The Morgan fingerprint density at radius 1 is 1.25 bits per heavy atom. The number of rotatable bonds is 9. The van der Waals surface area contributed by atoms with Crippen molar-refractivity contribution in [2.75, 3.05) is 27.1 Å². The highest BCUT2D eigenvalue weighted by atomic mass is 79.9. The molecule has 0 saturated heterocycles. The van der Waals surface area contributed by atoms with E-state index >= 15 is 0 Å². The molecule has 0 spiro atoms. The van der Waals surface area contributed by atoms with Crippen LogP contribution in [0.4, 0.5) is 0 Å². The van der Waals surface area contributed by atoms with Crippen molar-refractivity contribution in [2.45, 2.75) is 27.3 Å². The molecule has 0 atom stereocenters. The summed E-state index contributed by atoms with van der Waals surface area (Å²) in [5.74, 6) is 2.05. The molecular formula is C15H24BrNO3. The van der Waals surface area contributed by atoms with E-state index in [1.54, 1.807) is 7.11 Å².